The van der Waals surface area contributed by atoms with Crippen molar-refractivity contribution in [2.75, 3.05) is 47.5 Å². The van der Waals surface area contributed by atoms with E-state index in [9.17, 15) is 19.5 Å². The first-order chi connectivity index (χ1) is 42.6. The molecule has 9 nitrogen and oxygen atoms in total. The smallest absolute Gasteiger partial charge is 0.306 e. The van der Waals surface area contributed by atoms with Crippen LogP contribution in [0, 0.1) is 0 Å². The second kappa shape index (κ2) is 67.9. The average molecular weight is 1210 g/mol. The monoisotopic (exact) mass is 1210 g/mol. The van der Waals surface area contributed by atoms with E-state index in [-0.39, 0.29) is 38.6 Å². The molecule has 2 unspecified atom stereocenters. The highest BCUT2D eigenvalue weighted by Crippen LogP contribution is 2.17. The third-order valence-electron chi connectivity index (χ3n) is 15.5. The molecule has 0 aromatic carbocycles. The van der Waals surface area contributed by atoms with E-state index >= 15 is 0 Å². The van der Waals surface area contributed by atoms with Gasteiger partial charge in [0.15, 0.2) is 12.4 Å². The van der Waals surface area contributed by atoms with Crippen LogP contribution in [0.1, 0.15) is 309 Å². The highest BCUT2D eigenvalue weighted by atomic mass is 16.7. The second-order valence-corrected chi connectivity index (χ2v) is 25.1. The third kappa shape index (κ3) is 69.3. The van der Waals surface area contributed by atoms with E-state index in [1.807, 2.05) is 21.1 Å². The van der Waals surface area contributed by atoms with Crippen LogP contribution in [-0.2, 0) is 33.3 Å². The van der Waals surface area contributed by atoms with Gasteiger partial charge in [0.2, 0.25) is 0 Å². The number of carbonyl (C=O) groups excluding carboxylic acids is 3. The molecule has 0 saturated heterocycles. The van der Waals surface area contributed by atoms with Gasteiger partial charge >= 0.3 is 11.9 Å². The van der Waals surface area contributed by atoms with Crippen LogP contribution in [0.2, 0.25) is 0 Å². The first-order valence-electron chi connectivity index (χ1n) is 36.0. The number of aliphatic carboxylic acids is 1. The molecule has 0 radical (unpaired) electrons. The van der Waals surface area contributed by atoms with Crippen LogP contribution in [0.3, 0.4) is 0 Å². The normalized spacial score (nSPS) is 13.3. The van der Waals surface area contributed by atoms with Crippen molar-refractivity contribution in [3.05, 3.63) is 109 Å². The van der Waals surface area contributed by atoms with Gasteiger partial charge < -0.3 is 33.3 Å². The Balaban J connectivity index is 4.11. The number of carbonyl (C=O) groups is 3. The molecule has 0 aromatic heterocycles. The zero-order valence-corrected chi connectivity index (χ0v) is 57.1. The number of hydrogen-bond acceptors (Lipinski definition) is 8. The number of unbranched alkanes of at least 4 members (excludes halogenated alkanes) is 33. The van der Waals surface area contributed by atoms with Crippen LogP contribution >= 0.6 is 0 Å². The number of nitrogens with zero attached hydrogens (tertiary/aromatic N) is 1. The van der Waals surface area contributed by atoms with Crippen LogP contribution in [-0.4, -0.2) is 82.3 Å². The SMILES string of the molecule is CC/C=C\C/C=C\C/C=C\C/C=C\C/C=C\C/C=C\CCCCCCCCCCCCCCCCC(=O)OC(COC(=O)CCCCCCCCCCCCCCCC/C=C\C/C=C\C/C=C\CCCCCCC)COC(OCC[N+](C)(C)C)C(=O)[O-]. The van der Waals surface area contributed by atoms with E-state index in [0.29, 0.717) is 17.4 Å². The molecular formula is C78H135NO8. The molecule has 2 atom stereocenters. The molecule has 0 heterocycles. The Morgan fingerprint density at radius 3 is 0.977 bits per heavy atom. The van der Waals surface area contributed by atoms with Crippen molar-refractivity contribution in [2.24, 2.45) is 0 Å². The van der Waals surface area contributed by atoms with E-state index in [1.165, 1.54) is 186 Å². The Morgan fingerprint density at radius 1 is 0.356 bits per heavy atom. The van der Waals surface area contributed by atoms with E-state index in [0.717, 1.165) is 89.9 Å². The van der Waals surface area contributed by atoms with Crippen LogP contribution in [0.5, 0.6) is 0 Å². The quantitative estimate of drug-likeness (QED) is 0.0195. The molecule has 9 heteroatoms. The maximum Gasteiger partial charge on any atom is 0.306 e. The van der Waals surface area contributed by atoms with Gasteiger partial charge in [0, 0.05) is 12.8 Å². The summed E-state index contributed by atoms with van der Waals surface area (Å²) >= 11 is 0. The van der Waals surface area contributed by atoms with Crippen molar-refractivity contribution in [1.82, 2.24) is 0 Å². The fourth-order valence-electron chi connectivity index (χ4n) is 10.0. The van der Waals surface area contributed by atoms with Crippen molar-refractivity contribution >= 4 is 17.9 Å². The van der Waals surface area contributed by atoms with Gasteiger partial charge in [-0.2, -0.15) is 0 Å². The van der Waals surface area contributed by atoms with Crippen LogP contribution in [0.15, 0.2) is 109 Å². The van der Waals surface area contributed by atoms with Gasteiger partial charge in [-0.3, -0.25) is 9.59 Å². The summed E-state index contributed by atoms with van der Waals surface area (Å²) in [5, 5.41) is 11.8. The Morgan fingerprint density at radius 2 is 0.655 bits per heavy atom. The molecule has 0 amide bonds. The minimum atomic E-state index is -1.63. The van der Waals surface area contributed by atoms with Gasteiger partial charge in [-0.05, 0) is 103 Å². The van der Waals surface area contributed by atoms with Gasteiger partial charge in [-0.15, -0.1) is 0 Å². The molecule has 0 rings (SSSR count). The minimum Gasteiger partial charge on any atom is -0.545 e. The van der Waals surface area contributed by atoms with Gasteiger partial charge in [0.1, 0.15) is 13.2 Å². The summed E-state index contributed by atoms with van der Waals surface area (Å²) in [5.41, 5.74) is 0. The minimum absolute atomic E-state index is 0.144. The first kappa shape index (κ1) is 83.0. The summed E-state index contributed by atoms with van der Waals surface area (Å²) in [5.74, 6) is -2.28. The molecule has 500 valence electrons. The molecule has 0 fully saturated rings. The summed E-state index contributed by atoms with van der Waals surface area (Å²) in [6.45, 7) is 4.65. The lowest BCUT2D eigenvalue weighted by atomic mass is 10.0. The topological polar surface area (TPSA) is 111 Å². The van der Waals surface area contributed by atoms with Gasteiger partial charge in [0.05, 0.1) is 40.3 Å². The van der Waals surface area contributed by atoms with E-state index in [1.54, 1.807) is 0 Å². The number of carboxylic acid groups (broad SMARTS) is 1. The Hall–Kier alpha value is -4.05. The maximum atomic E-state index is 12.9. The van der Waals surface area contributed by atoms with Crippen molar-refractivity contribution in [3.8, 4) is 0 Å². The molecule has 0 aliphatic heterocycles. The molecule has 0 spiro atoms. The Labute approximate surface area is 536 Å². The first-order valence-corrected chi connectivity index (χ1v) is 36.0. The fourth-order valence-corrected chi connectivity index (χ4v) is 10.0. The summed E-state index contributed by atoms with van der Waals surface area (Å²) in [7, 11) is 5.93. The van der Waals surface area contributed by atoms with Crippen LogP contribution in [0.25, 0.3) is 0 Å². The number of quaternary nitrogens is 1. The molecule has 0 aromatic rings. The second-order valence-electron chi connectivity index (χ2n) is 25.1. The summed E-state index contributed by atoms with van der Waals surface area (Å²) < 4.78 is 22.8. The molecule has 0 N–H and O–H groups in total. The number of likely N-dealkylation sites (N-methyl/N-ethyl adjacent to an activating group) is 1. The standard InChI is InChI=1S/C78H135NO8/c1-6-8-10-12-14-16-18-20-22-24-26-28-30-32-34-36-37-38-39-41-43-45-47-49-51-53-55-57-59-61-63-65-67-69-76(81)87-74(73-86-78(77(82)83)84-71-70-79(3,4)5)72-85-75(80)68-66-64-62-60-58-56-54-52-50-48-46-44-42-40-35-33-31-29-27-25-23-21-19-17-15-13-11-9-7-2/h8,10,14,16,19-22,25-28,31-34,37-38,74,78H,6-7,9,11-13,15,17-18,23-24,29-30,35-36,39-73H2,1-5H3/b10-8-,16-14-,21-19-,22-20-,27-25-,28-26-,33-31-,34-32-,38-37-. The summed E-state index contributed by atoms with van der Waals surface area (Å²) in [6.07, 6.45) is 91.7. The molecule has 87 heavy (non-hydrogen) atoms. The Kier molecular flexibility index (Phi) is 64.7. The average Bonchev–Trinajstić information content (AvgIpc) is 3.59. The predicted octanol–water partition coefficient (Wildman–Crippen LogP) is 21.2. The predicted molar refractivity (Wildman–Crippen MR) is 370 cm³/mol. The lowest BCUT2D eigenvalue weighted by Crippen LogP contribution is -2.44. The van der Waals surface area contributed by atoms with Crippen molar-refractivity contribution in [3.63, 3.8) is 0 Å². The number of rotatable bonds is 66. The highest BCUT2D eigenvalue weighted by molar-refractivity contribution is 5.70. The van der Waals surface area contributed by atoms with Crippen LogP contribution in [0.4, 0.5) is 0 Å². The molecular weight excluding hydrogens is 1080 g/mol. The van der Waals surface area contributed by atoms with E-state index in [4.69, 9.17) is 18.9 Å². The number of carboxylic acids is 1. The van der Waals surface area contributed by atoms with Gasteiger partial charge in [-0.25, -0.2) is 0 Å². The maximum absolute atomic E-state index is 12.9. The van der Waals surface area contributed by atoms with Crippen molar-refractivity contribution < 1.29 is 42.9 Å². The Bertz CT molecular complexity index is 1800. The number of hydrogen-bond donors (Lipinski definition) is 0. The third-order valence-corrected chi connectivity index (χ3v) is 15.5. The van der Waals surface area contributed by atoms with Crippen molar-refractivity contribution in [1.29, 1.82) is 0 Å². The molecule has 0 aliphatic rings. The lowest BCUT2D eigenvalue weighted by molar-refractivity contribution is -0.870. The fraction of sp³-hybridized carbons (Fsp3) is 0.731. The zero-order chi connectivity index (χ0) is 63.3. The number of esters is 2. The van der Waals surface area contributed by atoms with E-state index in [2.05, 4.69) is 123 Å². The molecule has 0 bridgehead atoms. The lowest BCUT2D eigenvalue weighted by Gasteiger charge is -2.26. The summed E-state index contributed by atoms with van der Waals surface area (Å²) in [6, 6.07) is 0. The summed E-state index contributed by atoms with van der Waals surface area (Å²) in [4.78, 5) is 37.5. The van der Waals surface area contributed by atoms with Gasteiger partial charge in [0.25, 0.3) is 0 Å². The van der Waals surface area contributed by atoms with Gasteiger partial charge in [-0.1, -0.05) is 303 Å². The van der Waals surface area contributed by atoms with Crippen molar-refractivity contribution in [2.45, 2.75) is 322 Å². The molecule has 0 saturated carbocycles. The van der Waals surface area contributed by atoms with Crippen LogP contribution < -0.4 is 5.11 Å². The van der Waals surface area contributed by atoms with E-state index < -0.39 is 24.3 Å². The highest BCUT2D eigenvalue weighted by Gasteiger charge is 2.22. The zero-order valence-electron chi connectivity index (χ0n) is 57.1. The largest absolute Gasteiger partial charge is 0.545 e. The number of allylic oxidation sites excluding steroid dienone is 18. The molecule has 0 aliphatic carbocycles. The number of ether oxygens (including phenoxy) is 4.